The van der Waals surface area contributed by atoms with Gasteiger partial charge in [0, 0.05) is 12.6 Å². The van der Waals surface area contributed by atoms with Crippen molar-refractivity contribution in [2.75, 3.05) is 19.6 Å². The minimum absolute atomic E-state index is 0.0863. The Balaban J connectivity index is 2.02. The van der Waals surface area contributed by atoms with E-state index in [-0.39, 0.29) is 17.7 Å². The van der Waals surface area contributed by atoms with Crippen LogP contribution in [0, 0.1) is 6.92 Å². The number of aromatic hydroxyl groups is 1. The summed E-state index contributed by atoms with van der Waals surface area (Å²) in [5.74, 6) is -0.0905. The van der Waals surface area contributed by atoms with E-state index in [0.717, 1.165) is 38.0 Å². The maximum Gasteiger partial charge on any atom is 0.255 e. The van der Waals surface area contributed by atoms with E-state index in [1.54, 1.807) is 25.1 Å². The third kappa shape index (κ3) is 3.26. The number of phenols is 1. The number of amides is 1. The largest absolute Gasteiger partial charge is 0.507 e. The lowest BCUT2D eigenvalue weighted by atomic mass is 10.0. The van der Waals surface area contributed by atoms with E-state index in [4.69, 9.17) is 0 Å². The third-order valence-corrected chi connectivity index (χ3v) is 3.77. The van der Waals surface area contributed by atoms with Crippen molar-refractivity contribution in [2.24, 2.45) is 0 Å². The van der Waals surface area contributed by atoms with Crippen LogP contribution in [0.2, 0.25) is 0 Å². The number of likely N-dealkylation sites (tertiary alicyclic amines) is 1. The molecule has 1 heterocycles. The molecule has 1 atom stereocenters. The van der Waals surface area contributed by atoms with Gasteiger partial charge < -0.3 is 15.3 Å². The summed E-state index contributed by atoms with van der Waals surface area (Å²) in [7, 11) is 0. The molecule has 2 N–H and O–H groups in total. The first-order chi connectivity index (χ1) is 9.11. The molecule has 1 aliphatic heterocycles. The van der Waals surface area contributed by atoms with Gasteiger partial charge in [-0.25, -0.2) is 0 Å². The highest BCUT2D eigenvalue weighted by atomic mass is 16.3. The molecule has 1 aromatic carbocycles. The van der Waals surface area contributed by atoms with E-state index in [9.17, 15) is 9.90 Å². The Morgan fingerprint density at radius 2 is 2.32 bits per heavy atom. The first-order valence-corrected chi connectivity index (χ1v) is 6.93. The van der Waals surface area contributed by atoms with Gasteiger partial charge >= 0.3 is 0 Å². The number of hydrogen-bond acceptors (Lipinski definition) is 3. The molecule has 0 aromatic heterocycles. The summed E-state index contributed by atoms with van der Waals surface area (Å²) in [6, 6.07) is 5.44. The van der Waals surface area contributed by atoms with E-state index in [1.807, 2.05) is 0 Å². The number of piperidine rings is 1. The molecular formula is C15H22N2O2. The van der Waals surface area contributed by atoms with Crippen LogP contribution < -0.4 is 5.32 Å². The summed E-state index contributed by atoms with van der Waals surface area (Å²) < 4.78 is 0. The fourth-order valence-corrected chi connectivity index (χ4v) is 2.57. The Kier molecular flexibility index (Phi) is 4.43. The van der Waals surface area contributed by atoms with Crippen LogP contribution >= 0.6 is 0 Å². The van der Waals surface area contributed by atoms with Crippen molar-refractivity contribution in [1.29, 1.82) is 0 Å². The van der Waals surface area contributed by atoms with Gasteiger partial charge in [0.2, 0.25) is 0 Å². The molecule has 104 valence electrons. The van der Waals surface area contributed by atoms with Gasteiger partial charge in [0.05, 0.1) is 5.56 Å². The quantitative estimate of drug-likeness (QED) is 0.875. The second kappa shape index (κ2) is 6.06. The number of carbonyl (C=O) groups excluding carboxylic acids is 1. The number of para-hydroxylation sites is 1. The number of likely N-dealkylation sites (N-methyl/N-ethyl adjacent to an activating group) is 1. The zero-order valence-corrected chi connectivity index (χ0v) is 11.6. The molecule has 0 aliphatic carbocycles. The number of carbonyl (C=O) groups is 1. The molecule has 4 nitrogen and oxygen atoms in total. The second-order valence-corrected chi connectivity index (χ2v) is 5.18. The molecular weight excluding hydrogens is 240 g/mol. The Morgan fingerprint density at radius 1 is 1.53 bits per heavy atom. The van der Waals surface area contributed by atoms with Gasteiger partial charge in [-0.2, -0.15) is 0 Å². The SMILES string of the molecule is CCN1CCCC(NC(=O)c2cccc(C)c2O)C1. The summed E-state index contributed by atoms with van der Waals surface area (Å²) in [5, 5.41) is 13.0. The van der Waals surface area contributed by atoms with Crippen molar-refractivity contribution >= 4 is 5.91 Å². The monoisotopic (exact) mass is 262 g/mol. The van der Waals surface area contributed by atoms with Crippen LogP contribution in [0.25, 0.3) is 0 Å². The molecule has 1 aromatic rings. The maximum absolute atomic E-state index is 12.2. The molecule has 0 spiro atoms. The van der Waals surface area contributed by atoms with Gasteiger partial charge in [0.25, 0.3) is 5.91 Å². The van der Waals surface area contributed by atoms with Crippen LogP contribution in [-0.2, 0) is 0 Å². The number of hydrogen-bond donors (Lipinski definition) is 2. The van der Waals surface area contributed by atoms with Crippen molar-refractivity contribution < 1.29 is 9.90 Å². The lowest BCUT2D eigenvalue weighted by molar-refractivity contribution is 0.0903. The average Bonchev–Trinajstić information content (AvgIpc) is 2.42. The van der Waals surface area contributed by atoms with Gasteiger partial charge in [-0.3, -0.25) is 4.79 Å². The van der Waals surface area contributed by atoms with Gasteiger partial charge in [-0.05, 0) is 44.5 Å². The number of benzene rings is 1. The van der Waals surface area contributed by atoms with Gasteiger partial charge in [0.1, 0.15) is 5.75 Å². The number of rotatable bonds is 3. The highest BCUT2D eigenvalue weighted by Gasteiger charge is 2.22. The topological polar surface area (TPSA) is 52.6 Å². The smallest absolute Gasteiger partial charge is 0.255 e. The molecule has 1 aliphatic rings. The van der Waals surface area contributed by atoms with E-state index >= 15 is 0 Å². The molecule has 0 saturated carbocycles. The summed E-state index contributed by atoms with van der Waals surface area (Å²) in [4.78, 5) is 14.5. The zero-order valence-electron chi connectivity index (χ0n) is 11.6. The first kappa shape index (κ1) is 13.9. The number of nitrogens with one attached hydrogen (secondary N) is 1. The second-order valence-electron chi connectivity index (χ2n) is 5.18. The number of nitrogens with zero attached hydrogens (tertiary/aromatic N) is 1. The predicted molar refractivity (Wildman–Crippen MR) is 75.4 cm³/mol. The summed E-state index contributed by atoms with van der Waals surface area (Å²) >= 11 is 0. The molecule has 2 rings (SSSR count). The molecule has 1 unspecified atom stereocenters. The van der Waals surface area contributed by atoms with Crippen LogP contribution in [0.15, 0.2) is 18.2 Å². The molecule has 1 amide bonds. The Hall–Kier alpha value is -1.55. The maximum atomic E-state index is 12.2. The Morgan fingerprint density at radius 3 is 3.05 bits per heavy atom. The minimum Gasteiger partial charge on any atom is -0.507 e. The van der Waals surface area contributed by atoms with Crippen LogP contribution in [-0.4, -0.2) is 41.6 Å². The number of phenolic OH excluding ortho intramolecular Hbond substituents is 1. The molecule has 1 saturated heterocycles. The highest BCUT2D eigenvalue weighted by molar-refractivity contribution is 5.97. The van der Waals surface area contributed by atoms with Crippen molar-refractivity contribution in [3.63, 3.8) is 0 Å². The standard InChI is InChI=1S/C15H22N2O2/c1-3-17-9-5-7-12(10-17)16-15(19)13-8-4-6-11(2)14(13)18/h4,6,8,12,18H,3,5,7,9-10H2,1-2H3,(H,16,19). The van der Waals surface area contributed by atoms with Crippen LogP contribution in [0.1, 0.15) is 35.7 Å². The fraction of sp³-hybridized carbons (Fsp3) is 0.533. The van der Waals surface area contributed by atoms with Crippen LogP contribution in [0.5, 0.6) is 5.75 Å². The van der Waals surface area contributed by atoms with Gasteiger partial charge in [0.15, 0.2) is 0 Å². The van der Waals surface area contributed by atoms with E-state index in [1.165, 1.54) is 0 Å². The summed E-state index contributed by atoms with van der Waals surface area (Å²) in [6.07, 6.45) is 2.12. The number of aryl methyl sites for hydroxylation is 1. The van der Waals surface area contributed by atoms with Crippen molar-refractivity contribution in [1.82, 2.24) is 10.2 Å². The molecule has 4 heteroatoms. The van der Waals surface area contributed by atoms with Crippen molar-refractivity contribution in [3.8, 4) is 5.75 Å². The third-order valence-electron chi connectivity index (χ3n) is 3.77. The molecule has 0 radical (unpaired) electrons. The van der Waals surface area contributed by atoms with Crippen molar-refractivity contribution in [3.05, 3.63) is 29.3 Å². The van der Waals surface area contributed by atoms with Crippen LogP contribution in [0.3, 0.4) is 0 Å². The first-order valence-electron chi connectivity index (χ1n) is 6.93. The van der Waals surface area contributed by atoms with Gasteiger partial charge in [-0.15, -0.1) is 0 Å². The van der Waals surface area contributed by atoms with Crippen LogP contribution in [0.4, 0.5) is 0 Å². The summed E-state index contributed by atoms with van der Waals surface area (Å²) in [6.45, 7) is 6.96. The predicted octanol–water partition coefficient (Wildman–Crippen LogP) is 1.91. The lowest BCUT2D eigenvalue weighted by Crippen LogP contribution is -2.47. The summed E-state index contributed by atoms with van der Waals surface area (Å²) in [5.41, 5.74) is 1.10. The molecule has 1 fully saturated rings. The zero-order chi connectivity index (χ0) is 13.8. The fourth-order valence-electron chi connectivity index (χ4n) is 2.57. The Bertz CT molecular complexity index is 459. The van der Waals surface area contributed by atoms with E-state index in [0.29, 0.717) is 5.56 Å². The van der Waals surface area contributed by atoms with Crippen molar-refractivity contribution in [2.45, 2.75) is 32.7 Å². The highest BCUT2D eigenvalue weighted by Crippen LogP contribution is 2.21. The van der Waals surface area contributed by atoms with Gasteiger partial charge in [-0.1, -0.05) is 19.1 Å². The average molecular weight is 262 g/mol. The van der Waals surface area contributed by atoms with E-state index < -0.39 is 0 Å². The van der Waals surface area contributed by atoms with E-state index in [2.05, 4.69) is 17.1 Å². The molecule has 19 heavy (non-hydrogen) atoms. The molecule has 0 bridgehead atoms. The lowest BCUT2D eigenvalue weighted by Gasteiger charge is -2.32. The minimum atomic E-state index is -0.177. The Labute approximate surface area is 114 Å². The normalized spacial score (nSPS) is 20.2.